The van der Waals surface area contributed by atoms with Crippen LogP contribution in [0.4, 0.5) is 0 Å². The van der Waals surface area contributed by atoms with E-state index in [0.717, 1.165) is 12.3 Å². The van der Waals surface area contributed by atoms with Crippen LogP contribution in [0.3, 0.4) is 0 Å². The smallest absolute Gasteiger partial charge is 0.246 e. The van der Waals surface area contributed by atoms with Crippen molar-refractivity contribution in [2.45, 2.75) is 17.9 Å². The second-order valence-electron chi connectivity index (χ2n) is 3.27. The standard InChI is InChI=1S/C9H14N2O4S/c1-7(15-2)5-11-16(13,14)9-6-10-4-3-8(9)12/h3-4,6-7,11H,5H2,1-2H3,(H,10,12). The lowest BCUT2D eigenvalue weighted by Crippen LogP contribution is -2.34. The Hall–Kier alpha value is -1.18. The number of sulfonamides is 1. The first-order chi connectivity index (χ1) is 7.47. The summed E-state index contributed by atoms with van der Waals surface area (Å²) in [6.45, 7) is 1.84. The fraction of sp³-hybridized carbons (Fsp3) is 0.444. The molecule has 0 aliphatic carbocycles. The SMILES string of the molecule is COC(C)CNS(=O)(=O)c1c[nH]ccc1=O. The number of hydrogen-bond acceptors (Lipinski definition) is 4. The van der Waals surface area contributed by atoms with Crippen molar-refractivity contribution < 1.29 is 13.2 Å². The number of pyridine rings is 1. The van der Waals surface area contributed by atoms with Gasteiger partial charge >= 0.3 is 0 Å². The highest BCUT2D eigenvalue weighted by Gasteiger charge is 2.17. The molecule has 0 saturated heterocycles. The van der Waals surface area contributed by atoms with E-state index in [4.69, 9.17) is 4.74 Å². The molecule has 0 fully saturated rings. The van der Waals surface area contributed by atoms with Crippen molar-refractivity contribution in [1.82, 2.24) is 9.71 Å². The first-order valence-corrected chi connectivity index (χ1v) is 6.15. The molecule has 0 radical (unpaired) electrons. The van der Waals surface area contributed by atoms with Crippen LogP contribution in [-0.2, 0) is 14.8 Å². The van der Waals surface area contributed by atoms with Gasteiger partial charge in [-0.15, -0.1) is 0 Å². The van der Waals surface area contributed by atoms with Crippen LogP contribution >= 0.6 is 0 Å². The van der Waals surface area contributed by atoms with Crippen LogP contribution in [0, 0.1) is 0 Å². The maximum atomic E-state index is 11.7. The molecule has 0 aromatic carbocycles. The zero-order chi connectivity index (χ0) is 12.2. The zero-order valence-electron chi connectivity index (χ0n) is 9.06. The molecule has 1 aromatic heterocycles. The highest BCUT2D eigenvalue weighted by atomic mass is 32.2. The molecule has 0 bridgehead atoms. The third kappa shape index (κ3) is 3.16. The number of aromatic amines is 1. The van der Waals surface area contributed by atoms with Crippen molar-refractivity contribution in [2.24, 2.45) is 0 Å². The third-order valence-electron chi connectivity index (χ3n) is 2.04. The summed E-state index contributed by atoms with van der Waals surface area (Å²) in [7, 11) is -2.29. The minimum absolute atomic E-state index is 0.118. The van der Waals surface area contributed by atoms with Gasteiger partial charge in [0.1, 0.15) is 4.90 Å². The maximum Gasteiger partial charge on any atom is 0.246 e. The Morgan fingerprint density at radius 2 is 2.25 bits per heavy atom. The predicted octanol–water partition coefficient (Wildman–Crippen LogP) is -0.312. The number of H-pyrrole nitrogens is 1. The molecular weight excluding hydrogens is 232 g/mol. The van der Waals surface area contributed by atoms with E-state index in [2.05, 4.69) is 9.71 Å². The minimum atomic E-state index is -3.77. The largest absolute Gasteiger partial charge is 0.380 e. The summed E-state index contributed by atoms with van der Waals surface area (Å²) in [6, 6.07) is 1.16. The second kappa shape index (κ2) is 5.24. The van der Waals surface area contributed by atoms with E-state index in [1.807, 2.05) is 0 Å². The van der Waals surface area contributed by atoms with Crippen LogP contribution in [0.1, 0.15) is 6.92 Å². The van der Waals surface area contributed by atoms with E-state index in [1.54, 1.807) is 6.92 Å². The van der Waals surface area contributed by atoms with E-state index in [9.17, 15) is 13.2 Å². The summed E-state index contributed by atoms with van der Waals surface area (Å²) in [4.78, 5) is 13.6. The Labute approximate surface area is 93.7 Å². The first-order valence-electron chi connectivity index (χ1n) is 4.67. The van der Waals surface area contributed by atoms with Gasteiger partial charge < -0.3 is 9.72 Å². The number of ether oxygens (including phenoxy) is 1. The lowest BCUT2D eigenvalue weighted by molar-refractivity contribution is 0.122. The molecule has 1 unspecified atom stereocenters. The molecule has 1 heterocycles. The lowest BCUT2D eigenvalue weighted by atomic mass is 10.4. The lowest BCUT2D eigenvalue weighted by Gasteiger charge is -2.10. The Kier molecular flexibility index (Phi) is 4.22. The summed E-state index contributed by atoms with van der Waals surface area (Å²) in [6.07, 6.45) is 2.28. The fourth-order valence-corrected chi connectivity index (χ4v) is 2.16. The normalized spacial score (nSPS) is 13.6. The number of nitrogens with one attached hydrogen (secondary N) is 2. The molecule has 6 nitrogen and oxygen atoms in total. The van der Waals surface area contributed by atoms with Crippen molar-refractivity contribution in [3.63, 3.8) is 0 Å². The molecule has 90 valence electrons. The van der Waals surface area contributed by atoms with Gasteiger partial charge in [0, 0.05) is 32.1 Å². The van der Waals surface area contributed by atoms with Gasteiger partial charge in [0.2, 0.25) is 15.5 Å². The quantitative estimate of drug-likeness (QED) is 0.745. The van der Waals surface area contributed by atoms with E-state index in [1.165, 1.54) is 13.3 Å². The highest BCUT2D eigenvalue weighted by Crippen LogP contribution is 2.00. The van der Waals surface area contributed by atoms with Crippen LogP contribution in [-0.4, -0.2) is 33.2 Å². The maximum absolute atomic E-state index is 11.7. The average Bonchev–Trinajstić information content (AvgIpc) is 2.26. The van der Waals surface area contributed by atoms with Crippen LogP contribution in [0.5, 0.6) is 0 Å². The molecule has 16 heavy (non-hydrogen) atoms. The summed E-state index contributed by atoms with van der Waals surface area (Å²) < 4.78 is 30.6. The van der Waals surface area contributed by atoms with Gasteiger partial charge in [0.15, 0.2) is 0 Å². The zero-order valence-corrected chi connectivity index (χ0v) is 9.87. The minimum Gasteiger partial charge on any atom is -0.380 e. The average molecular weight is 246 g/mol. The van der Waals surface area contributed by atoms with Gasteiger partial charge in [-0.05, 0) is 6.92 Å². The summed E-state index contributed by atoms with van der Waals surface area (Å²) in [5.41, 5.74) is -0.545. The number of hydrogen-bond donors (Lipinski definition) is 2. The van der Waals surface area contributed by atoms with Crippen LogP contribution in [0.15, 0.2) is 28.2 Å². The van der Waals surface area contributed by atoms with Gasteiger partial charge in [0.05, 0.1) is 6.10 Å². The molecule has 0 aliphatic rings. The second-order valence-corrected chi connectivity index (χ2v) is 5.01. The van der Waals surface area contributed by atoms with Crippen molar-refractivity contribution in [3.8, 4) is 0 Å². The van der Waals surface area contributed by atoms with E-state index in [-0.39, 0.29) is 17.5 Å². The van der Waals surface area contributed by atoms with Crippen LogP contribution in [0.2, 0.25) is 0 Å². The highest BCUT2D eigenvalue weighted by molar-refractivity contribution is 7.89. The Morgan fingerprint density at radius 1 is 1.56 bits per heavy atom. The number of rotatable bonds is 5. The molecule has 7 heteroatoms. The van der Waals surface area contributed by atoms with Crippen molar-refractivity contribution in [1.29, 1.82) is 0 Å². The Balaban J connectivity index is 2.87. The van der Waals surface area contributed by atoms with E-state index in [0.29, 0.717) is 0 Å². The Bertz CT molecular complexity index is 494. The summed E-state index contributed by atoms with van der Waals surface area (Å²) >= 11 is 0. The van der Waals surface area contributed by atoms with Gasteiger partial charge in [0.25, 0.3) is 0 Å². The van der Waals surface area contributed by atoms with Crippen molar-refractivity contribution in [3.05, 3.63) is 28.7 Å². The summed E-state index contributed by atoms with van der Waals surface area (Å²) in [5, 5.41) is 0. The number of methoxy groups -OCH3 is 1. The van der Waals surface area contributed by atoms with Crippen molar-refractivity contribution in [2.75, 3.05) is 13.7 Å². The molecule has 1 aromatic rings. The Morgan fingerprint density at radius 3 is 2.81 bits per heavy atom. The topological polar surface area (TPSA) is 88.3 Å². The molecule has 0 aliphatic heterocycles. The molecule has 2 N–H and O–H groups in total. The van der Waals surface area contributed by atoms with Crippen molar-refractivity contribution >= 4 is 10.0 Å². The molecule has 0 amide bonds. The third-order valence-corrected chi connectivity index (χ3v) is 3.49. The molecule has 1 rings (SSSR count). The molecule has 0 saturated carbocycles. The van der Waals surface area contributed by atoms with Gasteiger partial charge in [-0.25, -0.2) is 13.1 Å². The van der Waals surface area contributed by atoms with Gasteiger partial charge in [-0.2, -0.15) is 0 Å². The van der Waals surface area contributed by atoms with E-state index >= 15 is 0 Å². The van der Waals surface area contributed by atoms with E-state index < -0.39 is 15.5 Å². The number of aromatic nitrogens is 1. The van der Waals surface area contributed by atoms with Crippen LogP contribution in [0.25, 0.3) is 0 Å². The molecule has 1 atom stereocenters. The van der Waals surface area contributed by atoms with Gasteiger partial charge in [-0.3, -0.25) is 4.79 Å². The monoisotopic (exact) mass is 246 g/mol. The van der Waals surface area contributed by atoms with Gasteiger partial charge in [-0.1, -0.05) is 0 Å². The molecule has 0 spiro atoms. The van der Waals surface area contributed by atoms with Crippen LogP contribution < -0.4 is 10.2 Å². The first kappa shape index (κ1) is 12.9. The predicted molar refractivity (Wildman–Crippen MR) is 58.7 cm³/mol. The summed E-state index contributed by atoms with van der Waals surface area (Å²) in [5.74, 6) is 0. The molecular formula is C9H14N2O4S. The fourth-order valence-electron chi connectivity index (χ4n) is 0.999.